The summed E-state index contributed by atoms with van der Waals surface area (Å²) in [7, 11) is -3.98. The highest BCUT2D eigenvalue weighted by atomic mass is 32.2. The van der Waals surface area contributed by atoms with E-state index in [-0.39, 0.29) is 0 Å². The van der Waals surface area contributed by atoms with E-state index < -0.39 is 38.7 Å². The summed E-state index contributed by atoms with van der Waals surface area (Å²) in [5, 5.41) is 8.96. The molecule has 0 radical (unpaired) electrons. The van der Waals surface area contributed by atoms with E-state index in [0.717, 1.165) is 37.8 Å². The number of benzene rings is 1. The Kier molecular flexibility index (Phi) is 4.72. The second-order valence-electron chi connectivity index (χ2n) is 4.81. The summed E-state index contributed by atoms with van der Waals surface area (Å²) in [6.07, 6.45) is 3.35. The van der Waals surface area contributed by atoms with Gasteiger partial charge in [0.05, 0.1) is 12.2 Å². The molecule has 0 unspecified atom stereocenters. The number of sulfonamides is 1. The van der Waals surface area contributed by atoms with Crippen molar-refractivity contribution in [2.45, 2.75) is 37.2 Å². The molecule has 1 aromatic carbocycles. The molecule has 1 aliphatic rings. The van der Waals surface area contributed by atoms with Crippen LogP contribution in [-0.2, 0) is 16.6 Å². The number of aliphatic hydroxyl groups is 1. The van der Waals surface area contributed by atoms with E-state index in [1.165, 1.54) is 4.31 Å². The van der Waals surface area contributed by atoms with Gasteiger partial charge in [0.25, 0.3) is 0 Å². The van der Waals surface area contributed by atoms with Crippen molar-refractivity contribution in [1.29, 1.82) is 0 Å². The number of hydrogen-bond donors (Lipinski definition) is 1. The van der Waals surface area contributed by atoms with Crippen molar-refractivity contribution >= 4 is 10.0 Å². The van der Waals surface area contributed by atoms with Gasteiger partial charge in [-0.05, 0) is 25.0 Å². The number of nitrogens with zero attached hydrogens (tertiary/aromatic N) is 1. The first-order valence-electron chi connectivity index (χ1n) is 6.56. The van der Waals surface area contributed by atoms with Gasteiger partial charge in [-0.2, -0.15) is 4.31 Å². The van der Waals surface area contributed by atoms with Crippen LogP contribution in [0.5, 0.6) is 0 Å². The van der Waals surface area contributed by atoms with Crippen LogP contribution in [0.3, 0.4) is 0 Å². The standard InChI is InChI=1S/C13H17F2NO3S/c14-11-5-6-12(13(15)10(11)9-17)20(18,19)16-7-3-1-2-4-8-16/h5-6,17H,1-4,7-9H2. The Balaban J connectivity index is 2.43. The minimum Gasteiger partial charge on any atom is -0.391 e. The third-order valence-electron chi connectivity index (χ3n) is 3.49. The zero-order valence-electron chi connectivity index (χ0n) is 11.0. The van der Waals surface area contributed by atoms with Gasteiger partial charge in [0, 0.05) is 13.1 Å². The van der Waals surface area contributed by atoms with Crippen molar-refractivity contribution in [3.05, 3.63) is 29.3 Å². The van der Waals surface area contributed by atoms with Crippen molar-refractivity contribution < 1.29 is 22.3 Å². The normalized spacial score (nSPS) is 17.9. The fourth-order valence-electron chi connectivity index (χ4n) is 2.34. The highest BCUT2D eigenvalue weighted by Gasteiger charge is 2.29. The lowest BCUT2D eigenvalue weighted by Gasteiger charge is -2.20. The van der Waals surface area contributed by atoms with Gasteiger partial charge in [0.1, 0.15) is 10.7 Å². The predicted octanol–water partition coefficient (Wildman–Crippen LogP) is 2.02. The zero-order valence-corrected chi connectivity index (χ0v) is 11.8. The number of hydrogen-bond acceptors (Lipinski definition) is 3. The van der Waals surface area contributed by atoms with E-state index >= 15 is 0 Å². The van der Waals surface area contributed by atoms with E-state index in [0.29, 0.717) is 13.1 Å². The molecule has 0 aromatic heterocycles. The van der Waals surface area contributed by atoms with E-state index in [1.54, 1.807) is 0 Å². The van der Waals surface area contributed by atoms with Crippen LogP contribution in [0.2, 0.25) is 0 Å². The average Bonchev–Trinajstić information content (AvgIpc) is 2.68. The van der Waals surface area contributed by atoms with Crippen LogP contribution in [0.4, 0.5) is 8.78 Å². The fourth-order valence-corrected chi connectivity index (χ4v) is 3.95. The Morgan fingerprint density at radius 3 is 2.25 bits per heavy atom. The summed E-state index contributed by atoms with van der Waals surface area (Å²) in [5.41, 5.74) is -0.610. The molecule has 7 heteroatoms. The molecule has 1 N–H and O–H groups in total. The first-order chi connectivity index (χ1) is 9.48. The van der Waals surface area contributed by atoms with Gasteiger partial charge in [-0.1, -0.05) is 12.8 Å². The molecule has 1 heterocycles. The Morgan fingerprint density at radius 1 is 1.10 bits per heavy atom. The Hall–Kier alpha value is -1.05. The van der Waals surface area contributed by atoms with Crippen LogP contribution < -0.4 is 0 Å². The highest BCUT2D eigenvalue weighted by Crippen LogP contribution is 2.25. The van der Waals surface area contributed by atoms with Crippen LogP contribution in [-0.4, -0.2) is 30.9 Å². The molecule has 4 nitrogen and oxygen atoms in total. The second kappa shape index (κ2) is 6.15. The van der Waals surface area contributed by atoms with Crippen molar-refractivity contribution in [1.82, 2.24) is 4.31 Å². The monoisotopic (exact) mass is 305 g/mol. The summed E-state index contributed by atoms with van der Waals surface area (Å²) in [5.74, 6) is -2.14. The average molecular weight is 305 g/mol. The molecule has 20 heavy (non-hydrogen) atoms. The highest BCUT2D eigenvalue weighted by molar-refractivity contribution is 7.89. The molecule has 0 amide bonds. The van der Waals surface area contributed by atoms with Crippen LogP contribution in [0.1, 0.15) is 31.2 Å². The van der Waals surface area contributed by atoms with Gasteiger partial charge in [-0.25, -0.2) is 17.2 Å². The third kappa shape index (κ3) is 2.84. The minimum atomic E-state index is -3.98. The molecule has 0 aliphatic carbocycles. The Morgan fingerprint density at radius 2 is 1.70 bits per heavy atom. The lowest BCUT2D eigenvalue weighted by molar-refractivity contribution is 0.267. The topological polar surface area (TPSA) is 57.6 Å². The quantitative estimate of drug-likeness (QED) is 0.929. The van der Waals surface area contributed by atoms with Crippen molar-refractivity contribution in [3.8, 4) is 0 Å². The molecule has 1 aromatic rings. The van der Waals surface area contributed by atoms with Crippen LogP contribution in [0.25, 0.3) is 0 Å². The van der Waals surface area contributed by atoms with Gasteiger partial charge in [-0.3, -0.25) is 0 Å². The fraction of sp³-hybridized carbons (Fsp3) is 0.538. The lowest BCUT2D eigenvalue weighted by atomic mass is 10.2. The van der Waals surface area contributed by atoms with Gasteiger partial charge in [-0.15, -0.1) is 0 Å². The minimum absolute atomic E-state index is 0.341. The molecule has 1 fully saturated rings. The number of halogens is 2. The first kappa shape index (κ1) is 15.3. The van der Waals surface area contributed by atoms with Crippen LogP contribution in [0.15, 0.2) is 17.0 Å². The largest absolute Gasteiger partial charge is 0.391 e. The maximum Gasteiger partial charge on any atom is 0.245 e. The molecule has 1 aliphatic heterocycles. The summed E-state index contributed by atoms with van der Waals surface area (Å²) in [4.78, 5) is -0.565. The smallest absolute Gasteiger partial charge is 0.245 e. The number of aliphatic hydroxyl groups excluding tert-OH is 1. The van der Waals surface area contributed by atoms with Crippen molar-refractivity contribution in [2.75, 3.05) is 13.1 Å². The van der Waals surface area contributed by atoms with Crippen molar-refractivity contribution in [3.63, 3.8) is 0 Å². The molecule has 0 bridgehead atoms. The van der Waals surface area contributed by atoms with Gasteiger partial charge in [0.15, 0.2) is 5.82 Å². The summed E-state index contributed by atoms with van der Waals surface area (Å²) in [6.45, 7) is -0.192. The second-order valence-corrected chi connectivity index (χ2v) is 6.72. The molecular formula is C13H17F2NO3S. The van der Waals surface area contributed by atoms with Crippen molar-refractivity contribution in [2.24, 2.45) is 0 Å². The van der Waals surface area contributed by atoms with E-state index in [4.69, 9.17) is 5.11 Å². The van der Waals surface area contributed by atoms with E-state index in [2.05, 4.69) is 0 Å². The van der Waals surface area contributed by atoms with E-state index in [9.17, 15) is 17.2 Å². The predicted molar refractivity (Wildman–Crippen MR) is 69.5 cm³/mol. The Labute approximate surface area is 117 Å². The molecule has 0 saturated carbocycles. The SMILES string of the molecule is O=S(=O)(c1ccc(F)c(CO)c1F)N1CCCCCC1. The molecular weight excluding hydrogens is 288 g/mol. The third-order valence-corrected chi connectivity index (χ3v) is 5.41. The van der Waals surface area contributed by atoms with Gasteiger partial charge in [0.2, 0.25) is 10.0 Å². The summed E-state index contributed by atoms with van der Waals surface area (Å²) < 4.78 is 53.5. The molecule has 1 saturated heterocycles. The van der Waals surface area contributed by atoms with Gasteiger partial charge < -0.3 is 5.11 Å². The molecule has 2 rings (SSSR count). The van der Waals surface area contributed by atoms with E-state index in [1.807, 2.05) is 0 Å². The summed E-state index contributed by atoms with van der Waals surface area (Å²) in [6, 6.07) is 1.80. The number of rotatable bonds is 3. The maximum absolute atomic E-state index is 14.1. The summed E-state index contributed by atoms with van der Waals surface area (Å²) >= 11 is 0. The van der Waals surface area contributed by atoms with Crippen LogP contribution >= 0.6 is 0 Å². The Bertz CT molecular complexity index is 582. The maximum atomic E-state index is 14.1. The lowest BCUT2D eigenvalue weighted by Crippen LogP contribution is -2.32. The van der Waals surface area contributed by atoms with Gasteiger partial charge >= 0.3 is 0 Å². The molecule has 0 atom stereocenters. The van der Waals surface area contributed by atoms with Crippen LogP contribution in [0, 0.1) is 11.6 Å². The molecule has 112 valence electrons. The first-order valence-corrected chi connectivity index (χ1v) is 8.00. The molecule has 0 spiro atoms. The zero-order chi connectivity index (χ0) is 14.8.